The first-order valence-corrected chi connectivity index (χ1v) is 8.32. The largest absolute Gasteiger partial charge is 0.468 e. The van der Waals surface area contributed by atoms with Crippen molar-refractivity contribution in [3.05, 3.63) is 25.1 Å². The van der Waals surface area contributed by atoms with Gasteiger partial charge in [0.15, 0.2) is 0 Å². The Morgan fingerprint density at radius 2 is 2.06 bits per heavy atom. The van der Waals surface area contributed by atoms with Gasteiger partial charge in [0.2, 0.25) is 0 Å². The zero-order valence-electron chi connectivity index (χ0n) is 11.1. The molecule has 0 aliphatic carbocycles. The minimum Gasteiger partial charge on any atom is -0.468 e. The molecule has 0 aliphatic rings. The standard InChI is InChI=1S/C12H21ClNO3P/c1-6-8-14(18(13,16)7-2)11(9-10(3)4)12(15)17-5/h6-7,10-11H,1-2,8-9H2,3-5H3/t11-,18+/m1/s1. The Hall–Kier alpha value is -0.570. The third-order valence-corrected chi connectivity index (χ3v) is 5.01. The molecule has 0 aliphatic heterocycles. The summed E-state index contributed by atoms with van der Waals surface area (Å²) in [5, 5.41) is 0. The van der Waals surface area contributed by atoms with Crippen LogP contribution in [-0.4, -0.2) is 30.3 Å². The molecular weight excluding hydrogens is 273 g/mol. The van der Waals surface area contributed by atoms with Gasteiger partial charge in [-0.15, -0.1) is 6.58 Å². The number of rotatable bonds is 8. The van der Waals surface area contributed by atoms with Gasteiger partial charge in [-0.1, -0.05) is 26.5 Å². The molecule has 0 aromatic rings. The Morgan fingerprint density at radius 3 is 2.39 bits per heavy atom. The van der Waals surface area contributed by atoms with Crippen molar-refractivity contribution in [2.45, 2.75) is 26.3 Å². The molecule has 6 heteroatoms. The van der Waals surface area contributed by atoms with Gasteiger partial charge in [-0.25, -0.2) is 4.67 Å². The predicted octanol–water partition coefficient (Wildman–Crippen LogP) is 3.64. The Labute approximate surface area is 114 Å². The Morgan fingerprint density at radius 1 is 1.50 bits per heavy atom. The van der Waals surface area contributed by atoms with E-state index in [9.17, 15) is 9.36 Å². The highest BCUT2D eigenvalue weighted by Crippen LogP contribution is 2.57. The summed E-state index contributed by atoms with van der Waals surface area (Å²) < 4.78 is 18.4. The molecule has 0 bridgehead atoms. The van der Waals surface area contributed by atoms with E-state index < -0.39 is 18.7 Å². The second-order valence-electron chi connectivity index (χ2n) is 4.31. The van der Waals surface area contributed by atoms with Gasteiger partial charge in [-0.2, -0.15) is 0 Å². The fourth-order valence-electron chi connectivity index (χ4n) is 1.59. The molecule has 104 valence electrons. The summed E-state index contributed by atoms with van der Waals surface area (Å²) in [4.78, 5) is 11.8. The summed E-state index contributed by atoms with van der Waals surface area (Å²) >= 11 is 5.95. The van der Waals surface area contributed by atoms with Crippen molar-refractivity contribution in [2.24, 2.45) is 5.92 Å². The van der Waals surface area contributed by atoms with Crippen molar-refractivity contribution in [1.82, 2.24) is 4.67 Å². The lowest BCUT2D eigenvalue weighted by atomic mass is 10.0. The molecule has 0 heterocycles. The first kappa shape index (κ1) is 17.4. The maximum Gasteiger partial charge on any atom is 0.323 e. The van der Waals surface area contributed by atoms with Crippen molar-refractivity contribution < 1.29 is 14.1 Å². The van der Waals surface area contributed by atoms with Gasteiger partial charge in [0.05, 0.1) is 7.11 Å². The summed E-state index contributed by atoms with van der Waals surface area (Å²) in [6.07, 6.45) is 2.06. The van der Waals surface area contributed by atoms with Crippen LogP contribution in [0.2, 0.25) is 0 Å². The molecule has 0 N–H and O–H groups in total. The quantitative estimate of drug-likeness (QED) is 0.389. The van der Waals surface area contributed by atoms with E-state index in [2.05, 4.69) is 13.2 Å². The topological polar surface area (TPSA) is 46.6 Å². The number of methoxy groups -OCH3 is 1. The number of hydrogen-bond acceptors (Lipinski definition) is 3. The molecule has 2 atom stereocenters. The Balaban J connectivity index is 5.33. The lowest BCUT2D eigenvalue weighted by Crippen LogP contribution is -2.39. The molecule has 0 amide bonds. The van der Waals surface area contributed by atoms with E-state index in [1.807, 2.05) is 13.8 Å². The average molecular weight is 294 g/mol. The highest BCUT2D eigenvalue weighted by atomic mass is 35.7. The minimum absolute atomic E-state index is 0.235. The van der Waals surface area contributed by atoms with E-state index in [0.717, 1.165) is 0 Å². The first-order valence-electron chi connectivity index (χ1n) is 5.69. The molecule has 0 saturated heterocycles. The summed E-state index contributed by atoms with van der Waals surface area (Å²) in [6, 6.07) is -0.658. The van der Waals surface area contributed by atoms with Gasteiger partial charge >= 0.3 is 5.97 Å². The van der Waals surface area contributed by atoms with Crippen LogP contribution in [-0.2, 0) is 14.1 Å². The van der Waals surface area contributed by atoms with Crippen LogP contribution in [0.5, 0.6) is 0 Å². The van der Waals surface area contributed by atoms with Crippen molar-refractivity contribution in [3.63, 3.8) is 0 Å². The summed E-state index contributed by atoms with van der Waals surface area (Å²) in [6.45, 7) is 7.93. The smallest absolute Gasteiger partial charge is 0.323 e. The third-order valence-electron chi connectivity index (χ3n) is 2.42. The second kappa shape index (κ2) is 7.78. The van der Waals surface area contributed by atoms with Crippen LogP contribution in [0, 0.1) is 5.92 Å². The molecule has 0 spiro atoms. The third kappa shape index (κ3) is 4.97. The molecule has 0 radical (unpaired) electrons. The van der Waals surface area contributed by atoms with Crippen LogP contribution >= 0.6 is 17.9 Å². The molecule has 0 saturated carbocycles. The van der Waals surface area contributed by atoms with Crippen molar-refractivity contribution in [1.29, 1.82) is 0 Å². The minimum atomic E-state index is -3.28. The molecule has 0 rings (SSSR count). The number of carbonyl (C=O) groups excluding carboxylic acids is 1. The number of esters is 1. The van der Waals surface area contributed by atoms with E-state index in [0.29, 0.717) is 6.42 Å². The zero-order valence-corrected chi connectivity index (χ0v) is 12.8. The number of ether oxygens (including phenoxy) is 1. The van der Waals surface area contributed by atoms with Crippen molar-refractivity contribution in [2.75, 3.05) is 13.7 Å². The average Bonchev–Trinajstić information content (AvgIpc) is 2.32. The van der Waals surface area contributed by atoms with Crippen LogP contribution in [0.25, 0.3) is 0 Å². The van der Waals surface area contributed by atoms with E-state index in [1.54, 1.807) is 6.08 Å². The first-order chi connectivity index (χ1) is 8.30. The van der Waals surface area contributed by atoms with Gasteiger partial charge in [0.1, 0.15) is 6.04 Å². The maximum absolute atomic E-state index is 12.2. The van der Waals surface area contributed by atoms with Gasteiger partial charge in [0, 0.05) is 6.54 Å². The molecule has 0 aromatic heterocycles. The van der Waals surface area contributed by atoms with Crippen LogP contribution in [0.1, 0.15) is 20.3 Å². The number of hydrogen-bond donors (Lipinski definition) is 0. The summed E-state index contributed by atoms with van der Waals surface area (Å²) in [5.74, 6) is 0.963. The van der Waals surface area contributed by atoms with Crippen molar-refractivity contribution in [3.8, 4) is 0 Å². The highest BCUT2D eigenvalue weighted by Gasteiger charge is 2.36. The van der Waals surface area contributed by atoms with Gasteiger partial charge in [-0.3, -0.25) is 9.36 Å². The fourth-order valence-corrected chi connectivity index (χ4v) is 3.21. The predicted molar refractivity (Wildman–Crippen MR) is 75.8 cm³/mol. The number of halogens is 1. The van der Waals surface area contributed by atoms with Crippen LogP contribution in [0.3, 0.4) is 0 Å². The monoisotopic (exact) mass is 293 g/mol. The van der Waals surface area contributed by atoms with Crippen LogP contribution < -0.4 is 0 Å². The highest BCUT2D eigenvalue weighted by molar-refractivity contribution is 7.89. The SMILES string of the molecule is C=CCN([C@H](CC(C)C)C(=O)OC)[P@@](=O)(Cl)C=C. The molecule has 18 heavy (non-hydrogen) atoms. The Kier molecular flexibility index (Phi) is 7.53. The number of nitrogens with zero attached hydrogens (tertiary/aromatic N) is 1. The summed E-state index contributed by atoms with van der Waals surface area (Å²) in [7, 11) is 1.30. The molecule has 0 fully saturated rings. The fraction of sp³-hybridized carbons (Fsp3) is 0.583. The normalized spacial score (nSPS) is 16.1. The molecule has 0 aromatic carbocycles. The zero-order chi connectivity index (χ0) is 14.3. The second-order valence-corrected chi connectivity index (χ2v) is 7.73. The van der Waals surface area contributed by atoms with Gasteiger partial charge < -0.3 is 4.74 Å². The van der Waals surface area contributed by atoms with Crippen LogP contribution in [0.15, 0.2) is 25.1 Å². The lowest BCUT2D eigenvalue weighted by Gasteiger charge is -2.31. The molecular formula is C12H21ClNO3P. The van der Waals surface area contributed by atoms with E-state index in [4.69, 9.17) is 16.0 Å². The van der Waals surface area contributed by atoms with Crippen LogP contribution in [0.4, 0.5) is 0 Å². The maximum atomic E-state index is 12.2. The number of carbonyl (C=O) groups is 1. The van der Waals surface area contributed by atoms with E-state index >= 15 is 0 Å². The van der Waals surface area contributed by atoms with Gasteiger partial charge in [0.25, 0.3) is 6.65 Å². The summed E-state index contributed by atoms with van der Waals surface area (Å²) in [5.41, 5.74) is 0. The molecule has 0 unspecified atom stereocenters. The van der Waals surface area contributed by atoms with Gasteiger partial charge in [-0.05, 0) is 29.4 Å². The van der Waals surface area contributed by atoms with E-state index in [1.165, 1.54) is 17.6 Å². The van der Waals surface area contributed by atoms with Crippen molar-refractivity contribution >= 4 is 23.9 Å². The Bertz CT molecular complexity index is 357. The lowest BCUT2D eigenvalue weighted by molar-refractivity contribution is -0.145. The molecule has 4 nitrogen and oxygen atoms in total. The van der Waals surface area contributed by atoms with E-state index in [-0.39, 0.29) is 12.5 Å².